The van der Waals surface area contributed by atoms with Gasteiger partial charge in [-0.15, -0.1) is 0 Å². The van der Waals surface area contributed by atoms with Crippen molar-refractivity contribution in [1.82, 2.24) is 0 Å². The minimum atomic E-state index is -1.69. The summed E-state index contributed by atoms with van der Waals surface area (Å²) >= 11 is 0. The van der Waals surface area contributed by atoms with Crippen LogP contribution in [0.4, 0.5) is 0 Å². The monoisotopic (exact) mass is 504 g/mol. The molecule has 2 heterocycles. The minimum Gasteiger partial charge on any atom is -0.507 e. The van der Waals surface area contributed by atoms with Crippen LogP contribution in [0.2, 0.25) is 0 Å². The standard InChI is InChI=1S/C25H28O11/c1-10(2)4-5-11-6-15(33-3)24-17(18(11)28)19(29)13-7-12(8-14(27)23(13)36-24)34-25-22(32)21(31)20(30)16(9-26)35-25/h4,6-8,16,20-22,25-28,30-32H,5,9H2,1-3H3. The first kappa shape index (κ1) is 25.7. The van der Waals surface area contributed by atoms with Gasteiger partial charge >= 0.3 is 0 Å². The van der Waals surface area contributed by atoms with Crippen molar-refractivity contribution < 1.29 is 49.3 Å². The molecule has 1 fully saturated rings. The number of benzene rings is 2. The molecule has 0 spiro atoms. The Morgan fingerprint density at radius 2 is 1.78 bits per heavy atom. The lowest BCUT2D eigenvalue weighted by molar-refractivity contribution is -0.277. The van der Waals surface area contributed by atoms with Crippen molar-refractivity contribution in [3.63, 3.8) is 0 Å². The predicted octanol–water partition coefficient (Wildman–Crippen LogP) is 1.05. The fourth-order valence-electron chi connectivity index (χ4n) is 4.08. The number of aliphatic hydroxyl groups is 4. The van der Waals surface area contributed by atoms with Crippen molar-refractivity contribution in [1.29, 1.82) is 0 Å². The average Bonchev–Trinajstić information content (AvgIpc) is 2.84. The number of rotatable bonds is 6. The van der Waals surface area contributed by atoms with Crippen LogP contribution >= 0.6 is 0 Å². The number of aromatic hydroxyl groups is 2. The first-order valence-corrected chi connectivity index (χ1v) is 11.2. The maximum Gasteiger partial charge on any atom is 0.229 e. The Labute approximate surface area is 205 Å². The van der Waals surface area contributed by atoms with Crippen molar-refractivity contribution in [2.75, 3.05) is 13.7 Å². The molecule has 1 aliphatic heterocycles. The molecule has 5 unspecified atom stereocenters. The molecule has 0 bridgehead atoms. The summed E-state index contributed by atoms with van der Waals surface area (Å²) in [6.45, 7) is 3.15. The third kappa shape index (κ3) is 4.47. The van der Waals surface area contributed by atoms with Crippen LogP contribution in [-0.2, 0) is 11.2 Å². The molecule has 0 amide bonds. The van der Waals surface area contributed by atoms with Gasteiger partial charge in [-0.25, -0.2) is 0 Å². The Morgan fingerprint density at radius 3 is 2.42 bits per heavy atom. The van der Waals surface area contributed by atoms with Gasteiger partial charge in [0, 0.05) is 11.6 Å². The average molecular weight is 504 g/mol. The van der Waals surface area contributed by atoms with E-state index < -0.39 is 48.5 Å². The number of phenols is 2. The number of aliphatic hydroxyl groups excluding tert-OH is 4. The summed E-state index contributed by atoms with van der Waals surface area (Å²) in [5.74, 6) is -0.719. The number of phenolic OH excluding ortho intramolecular Hbond substituents is 2. The Bertz CT molecular complexity index is 1370. The molecule has 6 N–H and O–H groups in total. The summed E-state index contributed by atoms with van der Waals surface area (Å²) in [5.41, 5.74) is 0.537. The molecule has 2 aromatic carbocycles. The van der Waals surface area contributed by atoms with Gasteiger partial charge < -0.3 is 49.3 Å². The summed E-state index contributed by atoms with van der Waals surface area (Å²) in [7, 11) is 1.39. The lowest BCUT2D eigenvalue weighted by Crippen LogP contribution is -2.60. The zero-order valence-electron chi connectivity index (χ0n) is 19.8. The summed E-state index contributed by atoms with van der Waals surface area (Å²) in [6.07, 6.45) is -5.47. The molecule has 1 aromatic heterocycles. The van der Waals surface area contributed by atoms with E-state index >= 15 is 0 Å². The number of hydrogen-bond donors (Lipinski definition) is 6. The smallest absolute Gasteiger partial charge is 0.229 e. The highest BCUT2D eigenvalue weighted by Gasteiger charge is 2.44. The molecule has 5 atom stereocenters. The van der Waals surface area contributed by atoms with Gasteiger partial charge in [-0.05, 0) is 32.4 Å². The lowest BCUT2D eigenvalue weighted by atomic mass is 9.99. The van der Waals surface area contributed by atoms with Crippen LogP contribution in [0.3, 0.4) is 0 Å². The fourth-order valence-corrected chi connectivity index (χ4v) is 4.08. The van der Waals surface area contributed by atoms with Crippen molar-refractivity contribution in [3.8, 4) is 23.0 Å². The fraction of sp³-hybridized carbons (Fsp3) is 0.400. The molecule has 0 aliphatic carbocycles. The van der Waals surface area contributed by atoms with Crippen molar-refractivity contribution in [2.24, 2.45) is 0 Å². The number of hydrogen-bond acceptors (Lipinski definition) is 11. The van der Waals surface area contributed by atoms with Crippen LogP contribution in [0.5, 0.6) is 23.0 Å². The quantitative estimate of drug-likeness (QED) is 0.209. The summed E-state index contributed by atoms with van der Waals surface area (Å²) < 4.78 is 22.0. The number of allylic oxidation sites excluding steroid dienone is 2. The Balaban J connectivity index is 1.84. The Kier molecular flexibility index (Phi) is 7.12. The first-order chi connectivity index (χ1) is 17.1. The highest BCUT2D eigenvalue weighted by atomic mass is 16.7. The SMILES string of the molecule is COc1cc(CC=C(C)C)c(O)c2c(=O)c3cc(OC4OC(CO)C(O)C(O)C4O)cc(O)c3oc12. The van der Waals surface area contributed by atoms with Crippen molar-refractivity contribution in [3.05, 3.63) is 45.6 Å². The van der Waals surface area contributed by atoms with E-state index in [1.54, 1.807) is 6.07 Å². The summed E-state index contributed by atoms with van der Waals surface area (Å²) in [6, 6.07) is 3.88. The van der Waals surface area contributed by atoms with Gasteiger partial charge in [0.15, 0.2) is 22.7 Å². The van der Waals surface area contributed by atoms with E-state index in [1.165, 1.54) is 13.2 Å². The van der Waals surface area contributed by atoms with Gasteiger partial charge in [-0.3, -0.25) is 4.79 Å². The van der Waals surface area contributed by atoms with Gasteiger partial charge in [0.05, 0.1) is 19.1 Å². The van der Waals surface area contributed by atoms with E-state index in [-0.39, 0.29) is 39.2 Å². The second kappa shape index (κ2) is 9.96. The molecular weight excluding hydrogens is 476 g/mol. The Morgan fingerprint density at radius 1 is 1.06 bits per heavy atom. The molecule has 3 aromatic rings. The van der Waals surface area contributed by atoms with Gasteiger partial charge in [-0.1, -0.05) is 11.6 Å². The van der Waals surface area contributed by atoms with E-state index in [4.69, 9.17) is 18.6 Å². The largest absolute Gasteiger partial charge is 0.507 e. The van der Waals surface area contributed by atoms with Crippen molar-refractivity contribution in [2.45, 2.75) is 51.0 Å². The van der Waals surface area contributed by atoms with E-state index in [2.05, 4.69) is 0 Å². The predicted molar refractivity (Wildman–Crippen MR) is 127 cm³/mol. The summed E-state index contributed by atoms with van der Waals surface area (Å²) in [5, 5.41) is 60.7. The van der Waals surface area contributed by atoms with Crippen molar-refractivity contribution >= 4 is 21.9 Å². The molecule has 36 heavy (non-hydrogen) atoms. The Hall–Kier alpha value is -3.35. The topological polar surface area (TPSA) is 179 Å². The number of ether oxygens (including phenoxy) is 3. The van der Waals surface area contributed by atoms with Crippen LogP contribution in [0, 0.1) is 0 Å². The normalized spacial score (nSPS) is 24.1. The summed E-state index contributed by atoms with van der Waals surface area (Å²) in [4.78, 5) is 13.5. The van der Waals surface area contributed by atoms with Crippen LogP contribution in [0.1, 0.15) is 19.4 Å². The van der Waals surface area contributed by atoms with Gasteiger partial charge in [0.2, 0.25) is 11.7 Å². The minimum absolute atomic E-state index is 0.0497. The molecule has 1 saturated heterocycles. The molecule has 194 valence electrons. The lowest BCUT2D eigenvalue weighted by Gasteiger charge is -2.39. The maximum atomic E-state index is 13.5. The molecule has 4 rings (SSSR count). The highest BCUT2D eigenvalue weighted by Crippen LogP contribution is 2.39. The molecule has 0 radical (unpaired) electrons. The third-order valence-electron chi connectivity index (χ3n) is 6.07. The molecule has 0 saturated carbocycles. The number of methoxy groups -OCH3 is 1. The molecule has 11 heteroatoms. The zero-order chi connectivity index (χ0) is 26.3. The van der Waals surface area contributed by atoms with Gasteiger partial charge in [0.25, 0.3) is 0 Å². The van der Waals surface area contributed by atoms with E-state index in [0.29, 0.717) is 12.0 Å². The van der Waals surface area contributed by atoms with E-state index in [9.17, 15) is 35.4 Å². The molecule has 11 nitrogen and oxygen atoms in total. The van der Waals surface area contributed by atoms with Crippen LogP contribution in [0.25, 0.3) is 21.9 Å². The molecule has 1 aliphatic rings. The maximum absolute atomic E-state index is 13.5. The van der Waals surface area contributed by atoms with Gasteiger partial charge in [-0.2, -0.15) is 0 Å². The van der Waals surface area contributed by atoms with Crippen LogP contribution in [0.15, 0.2) is 39.1 Å². The number of fused-ring (bicyclic) bond motifs is 2. The zero-order valence-corrected chi connectivity index (χ0v) is 19.8. The second-order valence-electron chi connectivity index (χ2n) is 8.84. The molecular formula is C25H28O11. The van der Waals surface area contributed by atoms with Crippen LogP contribution in [-0.4, -0.2) is 75.1 Å². The highest BCUT2D eigenvalue weighted by molar-refractivity contribution is 5.98. The van der Waals surface area contributed by atoms with Crippen LogP contribution < -0.4 is 14.9 Å². The van der Waals surface area contributed by atoms with Gasteiger partial charge in [0.1, 0.15) is 41.3 Å². The third-order valence-corrected chi connectivity index (χ3v) is 6.07. The second-order valence-corrected chi connectivity index (χ2v) is 8.84. The first-order valence-electron chi connectivity index (χ1n) is 11.2. The van der Waals surface area contributed by atoms with E-state index in [0.717, 1.165) is 11.6 Å². The van der Waals surface area contributed by atoms with E-state index in [1.807, 2.05) is 19.9 Å².